The van der Waals surface area contributed by atoms with Crippen molar-refractivity contribution >= 4 is 17.5 Å². The van der Waals surface area contributed by atoms with Crippen LogP contribution in [0.1, 0.15) is 47.8 Å². The molecule has 2 aromatic carbocycles. The minimum atomic E-state index is -0.0784. The second-order valence-electron chi connectivity index (χ2n) is 8.40. The molecule has 2 amide bonds. The lowest BCUT2D eigenvalue weighted by Crippen LogP contribution is -2.42. The molecular formula is C25H26N4O2. The summed E-state index contributed by atoms with van der Waals surface area (Å²) >= 11 is 0. The number of benzene rings is 2. The Morgan fingerprint density at radius 2 is 1.52 bits per heavy atom. The van der Waals surface area contributed by atoms with Gasteiger partial charge in [-0.05, 0) is 56.0 Å². The van der Waals surface area contributed by atoms with Gasteiger partial charge in [0, 0.05) is 30.6 Å². The number of carbonyl (C=O) groups excluding carboxylic acids is 2. The summed E-state index contributed by atoms with van der Waals surface area (Å²) in [6.07, 6.45) is 3.61. The molecule has 0 atom stereocenters. The van der Waals surface area contributed by atoms with E-state index < -0.39 is 0 Å². The second-order valence-corrected chi connectivity index (χ2v) is 8.40. The van der Waals surface area contributed by atoms with E-state index in [9.17, 15) is 9.59 Å². The summed E-state index contributed by atoms with van der Waals surface area (Å²) in [5, 5.41) is 7.74. The van der Waals surface area contributed by atoms with E-state index in [-0.39, 0.29) is 17.7 Å². The van der Waals surface area contributed by atoms with Gasteiger partial charge >= 0.3 is 0 Å². The van der Waals surface area contributed by atoms with Crippen LogP contribution in [-0.2, 0) is 4.79 Å². The number of anilines is 1. The maximum absolute atomic E-state index is 13.4. The fraction of sp³-hybridized carbons (Fsp3) is 0.320. The molecule has 0 radical (unpaired) electrons. The molecule has 2 heterocycles. The van der Waals surface area contributed by atoms with Crippen molar-refractivity contribution in [3.05, 3.63) is 78.1 Å². The van der Waals surface area contributed by atoms with Crippen LogP contribution in [0.5, 0.6) is 0 Å². The van der Waals surface area contributed by atoms with Crippen LogP contribution in [0.25, 0.3) is 5.69 Å². The highest BCUT2D eigenvalue weighted by Crippen LogP contribution is 2.40. The number of piperidine rings is 1. The van der Waals surface area contributed by atoms with Crippen molar-refractivity contribution in [2.75, 3.05) is 18.4 Å². The van der Waals surface area contributed by atoms with E-state index in [2.05, 4.69) is 5.32 Å². The second kappa shape index (κ2) is 8.38. The van der Waals surface area contributed by atoms with Gasteiger partial charge in [0.2, 0.25) is 5.91 Å². The lowest BCUT2D eigenvalue weighted by molar-refractivity contribution is -0.121. The summed E-state index contributed by atoms with van der Waals surface area (Å²) in [4.78, 5) is 27.9. The topological polar surface area (TPSA) is 67.2 Å². The van der Waals surface area contributed by atoms with Gasteiger partial charge in [-0.15, -0.1) is 0 Å². The fourth-order valence-electron chi connectivity index (χ4n) is 4.17. The van der Waals surface area contributed by atoms with Gasteiger partial charge in [-0.25, -0.2) is 4.68 Å². The van der Waals surface area contributed by atoms with Crippen molar-refractivity contribution in [3.8, 4) is 5.69 Å². The quantitative estimate of drug-likeness (QED) is 0.679. The van der Waals surface area contributed by atoms with Crippen LogP contribution in [0.2, 0.25) is 0 Å². The molecule has 1 N–H and O–H groups in total. The van der Waals surface area contributed by atoms with E-state index in [1.165, 1.54) is 0 Å². The SMILES string of the molecule is O=C(Nc1ccccc1)C1CCN(C(=O)c2cc(C3CC3)nn2-c2ccccc2)CC1. The summed E-state index contributed by atoms with van der Waals surface area (Å²) in [7, 11) is 0. The van der Waals surface area contributed by atoms with E-state index in [1.54, 1.807) is 4.68 Å². The number of likely N-dealkylation sites (tertiary alicyclic amines) is 1. The minimum Gasteiger partial charge on any atom is -0.337 e. The van der Waals surface area contributed by atoms with E-state index in [0.717, 1.165) is 29.9 Å². The van der Waals surface area contributed by atoms with Crippen molar-refractivity contribution in [1.29, 1.82) is 0 Å². The zero-order chi connectivity index (χ0) is 21.2. The van der Waals surface area contributed by atoms with E-state index in [1.807, 2.05) is 71.6 Å². The molecule has 2 aliphatic rings. The van der Waals surface area contributed by atoms with Crippen LogP contribution >= 0.6 is 0 Å². The number of hydrogen-bond donors (Lipinski definition) is 1. The molecule has 0 unspecified atom stereocenters. The molecule has 2 fully saturated rings. The lowest BCUT2D eigenvalue weighted by Gasteiger charge is -2.31. The Bertz CT molecular complexity index is 1070. The molecule has 158 valence electrons. The smallest absolute Gasteiger partial charge is 0.272 e. The number of rotatable bonds is 5. The molecule has 1 saturated heterocycles. The summed E-state index contributed by atoms with van der Waals surface area (Å²) in [5.74, 6) is 0.420. The first-order valence-electron chi connectivity index (χ1n) is 11.0. The van der Waals surface area contributed by atoms with Crippen LogP contribution < -0.4 is 5.32 Å². The normalized spacial score (nSPS) is 16.8. The predicted molar refractivity (Wildman–Crippen MR) is 119 cm³/mol. The number of aromatic nitrogens is 2. The zero-order valence-electron chi connectivity index (χ0n) is 17.4. The van der Waals surface area contributed by atoms with Crippen molar-refractivity contribution < 1.29 is 9.59 Å². The number of para-hydroxylation sites is 2. The van der Waals surface area contributed by atoms with Gasteiger partial charge in [-0.1, -0.05) is 36.4 Å². The Kier molecular flexibility index (Phi) is 5.28. The first-order chi connectivity index (χ1) is 15.2. The molecule has 6 heteroatoms. The third-order valence-electron chi connectivity index (χ3n) is 6.14. The highest BCUT2D eigenvalue weighted by molar-refractivity contribution is 5.95. The molecular weight excluding hydrogens is 388 g/mol. The van der Waals surface area contributed by atoms with E-state index >= 15 is 0 Å². The third kappa shape index (κ3) is 4.24. The van der Waals surface area contributed by atoms with E-state index in [0.29, 0.717) is 37.5 Å². The van der Waals surface area contributed by atoms with Gasteiger partial charge in [0.05, 0.1) is 11.4 Å². The highest BCUT2D eigenvalue weighted by atomic mass is 16.2. The minimum absolute atomic E-state index is 0.00910. The third-order valence-corrected chi connectivity index (χ3v) is 6.14. The van der Waals surface area contributed by atoms with Crippen LogP contribution in [0.4, 0.5) is 5.69 Å². The Hall–Kier alpha value is -3.41. The van der Waals surface area contributed by atoms with Crippen LogP contribution in [0, 0.1) is 5.92 Å². The summed E-state index contributed by atoms with van der Waals surface area (Å²) in [5.41, 5.74) is 3.32. The Labute approximate surface area is 181 Å². The summed E-state index contributed by atoms with van der Waals surface area (Å²) < 4.78 is 1.78. The first kappa shape index (κ1) is 19.5. The molecule has 31 heavy (non-hydrogen) atoms. The van der Waals surface area contributed by atoms with Crippen molar-refractivity contribution in [1.82, 2.24) is 14.7 Å². The summed E-state index contributed by atoms with van der Waals surface area (Å²) in [6, 6.07) is 21.3. The van der Waals surface area contributed by atoms with Gasteiger partial charge in [-0.2, -0.15) is 5.10 Å². The van der Waals surface area contributed by atoms with Crippen LogP contribution in [0.15, 0.2) is 66.7 Å². The van der Waals surface area contributed by atoms with E-state index in [4.69, 9.17) is 5.10 Å². The number of nitrogens with one attached hydrogen (secondary N) is 1. The van der Waals surface area contributed by atoms with Crippen molar-refractivity contribution in [3.63, 3.8) is 0 Å². The average molecular weight is 415 g/mol. The maximum atomic E-state index is 13.4. The molecule has 5 rings (SSSR count). The van der Waals surface area contributed by atoms with Crippen molar-refractivity contribution in [2.24, 2.45) is 5.92 Å². The molecule has 6 nitrogen and oxygen atoms in total. The number of nitrogens with zero attached hydrogens (tertiary/aromatic N) is 3. The molecule has 1 aliphatic carbocycles. The van der Waals surface area contributed by atoms with Gasteiger partial charge < -0.3 is 10.2 Å². The zero-order valence-corrected chi connectivity index (χ0v) is 17.4. The molecule has 1 saturated carbocycles. The lowest BCUT2D eigenvalue weighted by atomic mass is 9.95. The average Bonchev–Trinajstić information content (AvgIpc) is 3.58. The van der Waals surface area contributed by atoms with Gasteiger partial charge in [0.1, 0.15) is 5.69 Å². The monoisotopic (exact) mass is 414 g/mol. The molecule has 1 aliphatic heterocycles. The highest BCUT2D eigenvalue weighted by Gasteiger charge is 2.32. The number of carbonyl (C=O) groups is 2. The van der Waals surface area contributed by atoms with Gasteiger partial charge in [-0.3, -0.25) is 9.59 Å². The number of hydrogen-bond acceptors (Lipinski definition) is 3. The van der Waals surface area contributed by atoms with Crippen molar-refractivity contribution in [2.45, 2.75) is 31.6 Å². The molecule has 0 bridgehead atoms. The summed E-state index contributed by atoms with van der Waals surface area (Å²) in [6.45, 7) is 1.15. The molecule has 1 aromatic heterocycles. The fourth-order valence-corrected chi connectivity index (χ4v) is 4.17. The first-order valence-corrected chi connectivity index (χ1v) is 11.0. The predicted octanol–water partition coefficient (Wildman–Crippen LogP) is 4.24. The standard InChI is InChI=1S/C25H26N4O2/c30-24(26-20-7-3-1-4-8-20)19-13-15-28(16-14-19)25(31)23-17-22(18-11-12-18)27-29(23)21-9-5-2-6-10-21/h1-10,17-19H,11-16H2,(H,26,30). The largest absolute Gasteiger partial charge is 0.337 e. The Balaban J connectivity index is 1.28. The van der Waals surface area contributed by atoms with Gasteiger partial charge in [0.25, 0.3) is 5.91 Å². The Morgan fingerprint density at radius 1 is 0.871 bits per heavy atom. The van der Waals surface area contributed by atoms with Gasteiger partial charge in [0.15, 0.2) is 0 Å². The molecule has 0 spiro atoms. The van der Waals surface area contributed by atoms with Crippen LogP contribution in [0.3, 0.4) is 0 Å². The van der Waals surface area contributed by atoms with Crippen LogP contribution in [-0.4, -0.2) is 39.6 Å². The number of amides is 2. The molecule has 3 aromatic rings. The Morgan fingerprint density at radius 3 is 2.16 bits per heavy atom. The maximum Gasteiger partial charge on any atom is 0.272 e.